The van der Waals surface area contributed by atoms with Crippen LogP contribution in [0.5, 0.6) is 0 Å². The van der Waals surface area contributed by atoms with Gasteiger partial charge in [-0.2, -0.15) is 4.31 Å². The van der Waals surface area contributed by atoms with Crippen LogP contribution in [0.1, 0.15) is 38.5 Å². The van der Waals surface area contributed by atoms with E-state index in [-0.39, 0.29) is 10.1 Å². The van der Waals surface area contributed by atoms with Crippen LogP contribution in [0.2, 0.25) is 4.34 Å². The van der Waals surface area contributed by atoms with Crippen molar-refractivity contribution in [3.63, 3.8) is 0 Å². The van der Waals surface area contributed by atoms with E-state index in [4.69, 9.17) is 11.6 Å². The Morgan fingerprint density at radius 1 is 1.18 bits per heavy atom. The molecule has 1 saturated heterocycles. The molecule has 1 aromatic heterocycles. The molecule has 2 fully saturated rings. The second-order valence-corrected chi connectivity index (χ2v) is 11.6. The Hall–Kier alpha value is -0.930. The van der Waals surface area contributed by atoms with Crippen molar-refractivity contribution in [2.75, 3.05) is 32.7 Å². The van der Waals surface area contributed by atoms with E-state index in [2.05, 4.69) is 11.0 Å². The first-order chi connectivity index (χ1) is 13.4. The summed E-state index contributed by atoms with van der Waals surface area (Å²) in [5.41, 5.74) is 1.20. The molecule has 2 heterocycles. The Bertz CT molecular complexity index is 856. The number of carbonyl (C=O) groups excluding carboxylic acids is 1. The van der Waals surface area contributed by atoms with Crippen LogP contribution in [0.25, 0.3) is 0 Å². The molecule has 154 valence electrons. The van der Waals surface area contributed by atoms with E-state index in [0.717, 1.165) is 43.4 Å². The van der Waals surface area contributed by atoms with Gasteiger partial charge in [0.25, 0.3) is 10.0 Å². The zero-order chi connectivity index (χ0) is 19.7. The van der Waals surface area contributed by atoms with Crippen LogP contribution in [0.15, 0.2) is 28.1 Å². The fourth-order valence-electron chi connectivity index (χ4n) is 3.93. The molecule has 4 rings (SSSR count). The van der Waals surface area contributed by atoms with Gasteiger partial charge in [0.05, 0.1) is 10.9 Å². The number of nitrogens with zero attached hydrogens (tertiary/aromatic N) is 3. The molecule has 0 N–H and O–H groups in total. The molecule has 3 aliphatic rings. The largest absolute Gasteiger partial charge is 0.312 e. The van der Waals surface area contributed by atoms with Gasteiger partial charge in [-0.05, 0) is 50.7 Å². The summed E-state index contributed by atoms with van der Waals surface area (Å²) in [5, 5.41) is 0. The Kier molecular flexibility index (Phi) is 6.13. The lowest BCUT2D eigenvalue weighted by molar-refractivity contribution is -0.131. The zero-order valence-electron chi connectivity index (χ0n) is 15.8. The van der Waals surface area contributed by atoms with Crippen molar-refractivity contribution in [2.24, 2.45) is 0 Å². The number of sulfonamides is 1. The van der Waals surface area contributed by atoms with Gasteiger partial charge in [0, 0.05) is 37.9 Å². The summed E-state index contributed by atoms with van der Waals surface area (Å²) < 4.78 is 27.7. The SMILES string of the molecule is O=C(CN1CCN(S(=O)(=O)c2ccc(Cl)s2)CC1)N(C1=CCCCC1)C1CC1. The first-order valence-corrected chi connectivity index (χ1v) is 12.6. The van der Waals surface area contributed by atoms with Gasteiger partial charge >= 0.3 is 0 Å². The molecule has 0 bridgehead atoms. The van der Waals surface area contributed by atoms with Crippen LogP contribution in [0.4, 0.5) is 0 Å². The first kappa shape index (κ1) is 20.3. The molecular weight excluding hydrogens is 418 g/mol. The van der Waals surface area contributed by atoms with Gasteiger partial charge in [0.2, 0.25) is 5.91 Å². The Balaban J connectivity index is 1.35. The van der Waals surface area contributed by atoms with Crippen LogP contribution in [-0.2, 0) is 14.8 Å². The smallest absolute Gasteiger partial charge is 0.252 e. The number of thiophene rings is 1. The lowest BCUT2D eigenvalue weighted by Crippen LogP contribution is -2.51. The van der Waals surface area contributed by atoms with Crippen molar-refractivity contribution >= 4 is 38.9 Å². The third-order valence-corrected chi connectivity index (χ3v) is 9.19. The summed E-state index contributed by atoms with van der Waals surface area (Å²) in [6.45, 7) is 2.31. The van der Waals surface area contributed by atoms with E-state index in [1.807, 2.05) is 4.90 Å². The van der Waals surface area contributed by atoms with Crippen molar-refractivity contribution in [3.8, 4) is 0 Å². The topological polar surface area (TPSA) is 60.9 Å². The van der Waals surface area contributed by atoms with E-state index in [9.17, 15) is 13.2 Å². The lowest BCUT2D eigenvalue weighted by Gasteiger charge is -2.35. The van der Waals surface area contributed by atoms with Crippen molar-refractivity contribution < 1.29 is 13.2 Å². The molecule has 1 aliphatic heterocycles. The highest BCUT2D eigenvalue weighted by molar-refractivity contribution is 7.91. The third-order valence-electron chi connectivity index (χ3n) is 5.59. The highest BCUT2D eigenvalue weighted by Crippen LogP contribution is 2.34. The molecule has 1 aromatic rings. The minimum absolute atomic E-state index is 0.164. The molecule has 0 aromatic carbocycles. The molecule has 0 unspecified atom stereocenters. The summed E-state index contributed by atoms with van der Waals surface area (Å²) in [4.78, 5) is 17.1. The van der Waals surface area contributed by atoms with Crippen LogP contribution in [0, 0.1) is 0 Å². The monoisotopic (exact) mass is 443 g/mol. The molecule has 28 heavy (non-hydrogen) atoms. The highest BCUT2D eigenvalue weighted by Gasteiger charge is 2.36. The molecule has 0 radical (unpaired) electrons. The quantitative estimate of drug-likeness (QED) is 0.677. The molecule has 9 heteroatoms. The number of carbonyl (C=O) groups is 1. The standard InChI is InChI=1S/C19H26ClN3O3S2/c20-17-8-9-19(27-17)28(25,26)22-12-10-21(11-13-22)14-18(24)23(16-6-7-16)15-4-2-1-3-5-15/h4,8-9,16H,1-3,5-7,10-14H2. The van der Waals surface area contributed by atoms with Gasteiger partial charge in [0.15, 0.2) is 0 Å². The van der Waals surface area contributed by atoms with Crippen LogP contribution < -0.4 is 0 Å². The van der Waals surface area contributed by atoms with Crippen LogP contribution >= 0.6 is 22.9 Å². The average molecular weight is 444 g/mol. The van der Waals surface area contributed by atoms with E-state index in [1.165, 1.54) is 16.4 Å². The number of hydrogen-bond donors (Lipinski definition) is 0. The van der Waals surface area contributed by atoms with Crippen molar-refractivity contribution in [1.29, 1.82) is 0 Å². The first-order valence-electron chi connectivity index (χ1n) is 9.94. The van der Waals surface area contributed by atoms with Gasteiger partial charge in [-0.3, -0.25) is 9.69 Å². The summed E-state index contributed by atoms with van der Waals surface area (Å²) in [7, 11) is -3.49. The molecule has 0 spiro atoms. The number of rotatable bonds is 6. The fraction of sp³-hybridized carbons (Fsp3) is 0.632. The van der Waals surface area contributed by atoms with Crippen molar-refractivity contribution in [1.82, 2.24) is 14.1 Å². The zero-order valence-corrected chi connectivity index (χ0v) is 18.2. The minimum atomic E-state index is -3.49. The van der Waals surface area contributed by atoms with Crippen molar-refractivity contribution in [2.45, 2.75) is 48.8 Å². The van der Waals surface area contributed by atoms with Crippen LogP contribution in [-0.4, -0.2) is 67.2 Å². The molecular formula is C19H26ClN3O3S2. The van der Waals surface area contributed by atoms with Gasteiger partial charge in [0.1, 0.15) is 4.21 Å². The second-order valence-electron chi connectivity index (χ2n) is 7.67. The van der Waals surface area contributed by atoms with Crippen molar-refractivity contribution in [3.05, 3.63) is 28.2 Å². The molecule has 2 aliphatic carbocycles. The summed E-state index contributed by atoms with van der Waals surface area (Å²) >= 11 is 6.98. The lowest BCUT2D eigenvalue weighted by atomic mass is 10.0. The third kappa shape index (κ3) is 4.46. The van der Waals surface area contributed by atoms with E-state index in [0.29, 0.717) is 43.1 Å². The summed E-state index contributed by atoms with van der Waals surface area (Å²) in [6.07, 6.45) is 8.85. The minimum Gasteiger partial charge on any atom is -0.312 e. The number of halogens is 1. The number of hydrogen-bond acceptors (Lipinski definition) is 5. The Morgan fingerprint density at radius 3 is 2.50 bits per heavy atom. The summed E-state index contributed by atoms with van der Waals surface area (Å²) in [5.74, 6) is 0.164. The molecule has 1 amide bonds. The van der Waals surface area contributed by atoms with Crippen LogP contribution in [0.3, 0.4) is 0 Å². The van der Waals surface area contributed by atoms with E-state index in [1.54, 1.807) is 12.1 Å². The molecule has 0 atom stereocenters. The molecule has 1 saturated carbocycles. The maximum absolute atomic E-state index is 13.0. The van der Waals surface area contributed by atoms with Gasteiger partial charge < -0.3 is 4.90 Å². The number of allylic oxidation sites excluding steroid dienone is 2. The predicted molar refractivity (Wildman–Crippen MR) is 111 cm³/mol. The second kappa shape index (κ2) is 8.44. The summed E-state index contributed by atoms with van der Waals surface area (Å²) in [6, 6.07) is 3.55. The van der Waals surface area contributed by atoms with E-state index < -0.39 is 10.0 Å². The highest BCUT2D eigenvalue weighted by atomic mass is 35.5. The van der Waals surface area contributed by atoms with Gasteiger partial charge in [-0.25, -0.2) is 8.42 Å². The maximum atomic E-state index is 13.0. The molecule has 6 nitrogen and oxygen atoms in total. The average Bonchev–Trinajstić information content (AvgIpc) is 3.41. The van der Waals surface area contributed by atoms with Gasteiger partial charge in [-0.1, -0.05) is 17.7 Å². The predicted octanol–water partition coefficient (Wildman–Crippen LogP) is 3.16. The number of amides is 1. The Morgan fingerprint density at radius 2 is 1.93 bits per heavy atom. The number of piperazine rings is 1. The fourth-order valence-corrected chi connectivity index (χ4v) is 6.99. The van der Waals surface area contributed by atoms with E-state index >= 15 is 0 Å². The maximum Gasteiger partial charge on any atom is 0.252 e. The Labute approximate surface area is 175 Å². The normalized spacial score (nSPS) is 22.1. The van der Waals surface area contributed by atoms with Gasteiger partial charge in [-0.15, -0.1) is 11.3 Å².